The lowest BCUT2D eigenvalue weighted by Gasteiger charge is -2.40. The topological polar surface area (TPSA) is 9.23 Å². The summed E-state index contributed by atoms with van der Waals surface area (Å²) in [7, 11) is -2.93. The molecular formula is C18H42OSi2. The van der Waals surface area contributed by atoms with Crippen LogP contribution < -0.4 is 0 Å². The number of hydrogen-bond acceptors (Lipinski definition) is 1. The highest BCUT2D eigenvalue weighted by atomic mass is 28.4. The van der Waals surface area contributed by atoms with Crippen molar-refractivity contribution in [3.8, 4) is 0 Å². The molecule has 0 amide bonds. The molecule has 0 aliphatic carbocycles. The van der Waals surface area contributed by atoms with Gasteiger partial charge in [-0.1, -0.05) is 79.1 Å². The summed E-state index contributed by atoms with van der Waals surface area (Å²) in [5.74, 6) is 0. The highest BCUT2D eigenvalue weighted by Crippen LogP contribution is 2.34. The quantitative estimate of drug-likeness (QED) is 0.302. The van der Waals surface area contributed by atoms with Gasteiger partial charge >= 0.3 is 0 Å². The first-order chi connectivity index (χ1) is 9.95. The van der Waals surface area contributed by atoms with Crippen LogP contribution in [0.1, 0.15) is 79.1 Å². The van der Waals surface area contributed by atoms with Gasteiger partial charge in [-0.05, 0) is 37.3 Å². The van der Waals surface area contributed by atoms with E-state index >= 15 is 0 Å². The molecule has 0 spiro atoms. The molecule has 1 nitrogen and oxygen atoms in total. The fraction of sp³-hybridized carbons (Fsp3) is 1.00. The molecule has 0 rings (SSSR count). The second-order valence-corrected chi connectivity index (χ2v) is 16.2. The van der Waals surface area contributed by atoms with Crippen LogP contribution in [0.2, 0.25) is 37.3 Å². The number of rotatable bonds is 14. The molecule has 0 radical (unpaired) electrons. The van der Waals surface area contributed by atoms with Gasteiger partial charge in [-0.25, -0.2) is 0 Å². The van der Waals surface area contributed by atoms with Crippen LogP contribution in [-0.4, -0.2) is 16.6 Å². The van der Waals surface area contributed by atoms with Gasteiger partial charge in [0.05, 0.1) is 0 Å². The molecule has 0 saturated carbocycles. The fourth-order valence-electron chi connectivity index (χ4n) is 3.26. The maximum atomic E-state index is 7.11. The lowest BCUT2D eigenvalue weighted by molar-refractivity contribution is 0.499. The van der Waals surface area contributed by atoms with Gasteiger partial charge in [-0.3, -0.25) is 0 Å². The van der Waals surface area contributed by atoms with Crippen molar-refractivity contribution in [2.75, 3.05) is 0 Å². The maximum Gasteiger partial charge on any atom is 0.179 e. The van der Waals surface area contributed by atoms with Crippen molar-refractivity contribution < 1.29 is 4.12 Å². The first-order valence-corrected chi connectivity index (χ1v) is 15.3. The van der Waals surface area contributed by atoms with Crippen LogP contribution in [0.3, 0.4) is 0 Å². The second kappa shape index (κ2) is 11.9. The summed E-state index contributed by atoms with van der Waals surface area (Å²) < 4.78 is 7.11. The predicted octanol–water partition coefficient (Wildman–Crippen LogP) is 7.35. The van der Waals surface area contributed by atoms with E-state index in [-0.39, 0.29) is 0 Å². The van der Waals surface area contributed by atoms with Crippen LogP contribution in [0.5, 0.6) is 0 Å². The minimum Gasteiger partial charge on any atom is -0.455 e. The van der Waals surface area contributed by atoms with Crippen LogP contribution >= 0.6 is 0 Å². The van der Waals surface area contributed by atoms with E-state index in [1.807, 2.05) is 0 Å². The Morgan fingerprint density at radius 3 is 1.24 bits per heavy atom. The summed E-state index contributed by atoms with van der Waals surface area (Å²) >= 11 is 0. The Morgan fingerprint density at radius 1 is 0.571 bits per heavy atom. The molecule has 0 aromatic heterocycles. The SMILES string of the molecule is CCCC[Si](C)(C)O[Si](CCCC)(CCCC)CCCC. The summed E-state index contributed by atoms with van der Waals surface area (Å²) in [6, 6.07) is 5.63. The maximum absolute atomic E-state index is 7.11. The van der Waals surface area contributed by atoms with Gasteiger partial charge in [-0.15, -0.1) is 0 Å². The van der Waals surface area contributed by atoms with Crippen LogP contribution in [0.25, 0.3) is 0 Å². The third-order valence-corrected chi connectivity index (χ3v) is 13.9. The Balaban J connectivity index is 4.91. The molecule has 3 heteroatoms. The summed E-state index contributed by atoms with van der Waals surface area (Å²) in [6.45, 7) is 14.3. The molecule has 21 heavy (non-hydrogen) atoms. The summed E-state index contributed by atoms with van der Waals surface area (Å²) in [5.41, 5.74) is 0. The lowest BCUT2D eigenvalue weighted by atomic mass is 10.4. The van der Waals surface area contributed by atoms with E-state index in [2.05, 4.69) is 40.8 Å². The molecule has 0 fully saturated rings. The molecule has 0 N–H and O–H groups in total. The summed E-state index contributed by atoms with van der Waals surface area (Å²) in [5, 5.41) is 0. The fourth-order valence-corrected chi connectivity index (χ4v) is 14.5. The Hall–Kier alpha value is 0.394. The normalized spacial score (nSPS) is 12.9. The summed E-state index contributed by atoms with van der Waals surface area (Å²) in [4.78, 5) is 0. The van der Waals surface area contributed by atoms with E-state index in [0.717, 1.165) is 0 Å². The van der Waals surface area contributed by atoms with Gasteiger partial charge in [-0.2, -0.15) is 0 Å². The Labute approximate surface area is 137 Å². The Bertz CT molecular complexity index is 220. The molecule has 0 bridgehead atoms. The zero-order valence-electron chi connectivity index (χ0n) is 15.9. The second-order valence-electron chi connectivity index (χ2n) is 7.46. The largest absolute Gasteiger partial charge is 0.455 e. The molecule has 0 aromatic carbocycles. The van der Waals surface area contributed by atoms with Gasteiger partial charge in [0.25, 0.3) is 0 Å². The monoisotopic (exact) mass is 330 g/mol. The average Bonchev–Trinajstić information content (AvgIpc) is 2.46. The van der Waals surface area contributed by atoms with E-state index in [9.17, 15) is 0 Å². The van der Waals surface area contributed by atoms with Crippen LogP contribution in [0.4, 0.5) is 0 Å². The first-order valence-electron chi connectivity index (χ1n) is 9.65. The predicted molar refractivity (Wildman–Crippen MR) is 103 cm³/mol. The van der Waals surface area contributed by atoms with E-state index in [1.165, 1.54) is 75.5 Å². The van der Waals surface area contributed by atoms with Gasteiger partial charge in [0.15, 0.2) is 16.6 Å². The minimum absolute atomic E-state index is 1.31. The van der Waals surface area contributed by atoms with E-state index in [1.54, 1.807) is 0 Å². The minimum atomic E-state index is -1.48. The van der Waals surface area contributed by atoms with E-state index in [0.29, 0.717) is 0 Å². The molecule has 0 saturated heterocycles. The third-order valence-electron chi connectivity index (χ3n) is 4.58. The smallest absolute Gasteiger partial charge is 0.179 e. The van der Waals surface area contributed by atoms with Crippen LogP contribution in [-0.2, 0) is 4.12 Å². The van der Waals surface area contributed by atoms with E-state index < -0.39 is 16.6 Å². The molecule has 0 aliphatic heterocycles. The van der Waals surface area contributed by atoms with Gasteiger partial charge in [0, 0.05) is 0 Å². The van der Waals surface area contributed by atoms with Gasteiger partial charge < -0.3 is 4.12 Å². The van der Waals surface area contributed by atoms with Crippen molar-refractivity contribution in [1.29, 1.82) is 0 Å². The first kappa shape index (κ1) is 21.4. The average molecular weight is 331 g/mol. The van der Waals surface area contributed by atoms with Crippen LogP contribution in [0.15, 0.2) is 0 Å². The molecule has 128 valence electrons. The summed E-state index contributed by atoms with van der Waals surface area (Å²) in [6.07, 6.45) is 10.8. The molecular weight excluding hydrogens is 288 g/mol. The van der Waals surface area contributed by atoms with E-state index in [4.69, 9.17) is 4.12 Å². The third kappa shape index (κ3) is 9.90. The molecule has 0 heterocycles. The van der Waals surface area contributed by atoms with Crippen molar-refractivity contribution in [2.45, 2.75) is 116 Å². The van der Waals surface area contributed by atoms with Crippen LogP contribution in [0, 0.1) is 0 Å². The Morgan fingerprint density at radius 2 is 0.905 bits per heavy atom. The zero-order chi connectivity index (χ0) is 16.2. The van der Waals surface area contributed by atoms with Crippen molar-refractivity contribution in [3.05, 3.63) is 0 Å². The lowest BCUT2D eigenvalue weighted by Crippen LogP contribution is -2.48. The molecule has 0 aliphatic rings. The zero-order valence-corrected chi connectivity index (χ0v) is 17.9. The molecule has 0 aromatic rings. The molecule has 0 unspecified atom stereocenters. The highest BCUT2D eigenvalue weighted by Gasteiger charge is 2.38. The van der Waals surface area contributed by atoms with Crippen molar-refractivity contribution in [1.82, 2.24) is 0 Å². The number of unbranched alkanes of at least 4 members (excludes halogenated alkanes) is 4. The Kier molecular flexibility index (Phi) is 12.1. The van der Waals surface area contributed by atoms with Crippen molar-refractivity contribution in [2.24, 2.45) is 0 Å². The molecule has 0 atom stereocenters. The van der Waals surface area contributed by atoms with Gasteiger partial charge in [0.1, 0.15) is 0 Å². The highest BCUT2D eigenvalue weighted by molar-refractivity contribution is 6.86. The standard InChI is InChI=1S/C18H42OSi2/c1-7-11-15-20(5,6)19-21(16-12-8-2,17-13-9-3)18-14-10-4/h7-18H2,1-6H3. The van der Waals surface area contributed by atoms with Gasteiger partial charge in [0.2, 0.25) is 0 Å². The number of hydrogen-bond donors (Lipinski definition) is 0. The van der Waals surface area contributed by atoms with Crippen molar-refractivity contribution >= 4 is 16.6 Å². The van der Waals surface area contributed by atoms with Crippen molar-refractivity contribution in [3.63, 3.8) is 0 Å².